The monoisotopic (exact) mass is 425 g/mol. The molecule has 0 aliphatic heterocycles. The van der Waals surface area contributed by atoms with Gasteiger partial charge in [-0.1, -0.05) is 48.0 Å². The Bertz CT molecular complexity index is 974. The summed E-state index contributed by atoms with van der Waals surface area (Å²) in [6.45, 7) is 1.47. The summed E-state index contributed by atoms with van der Waals surface area (Å²) < 4.78 is 5.36. The van der Waals surface area contributed by atoms with Crippen LogP contribution >= 0.6 is 11.6 Å². The van der Waals surface area contributed by atoms with Gasteiger partial charge in [0, 0.05) is 22.2 Å². The van der Waals surface area contributed by atoms with E-state index in [1.54, 1.807) is 30.3 Å². The molecule has 4 atom stereocenters. The minimum Gasteiger partial charge on any atom is -0.455 e. The number of fused-ring (bicyclic) bond motifs is 2. The van der Waals surface area contributed by atoms with Gasteiger partial charge in [0.05, 0.1) is 5.92 Å². The molecule has 0 unspecified atom stereocenters. The van der Waals surface area contributed by atoms with Crippen molar-refractivity contribution in [3.63, 3.8) is 0 Å². The molecule has 0 radical (unpaired) electrons. The van der Waals surface area contributed by atoms with Gasteiger partial charge in [-0.05, 0) is 55.7 Å². The Hall–Kier alpha value is -2.66. The molecule has 0 aromatic heterocycles. The molecule has 1 N–H and O–H groups in total. The first-order chi connectivity index (χ1) is 14.4. The van der Waals surface area contributed by atoms with Gasteiger partial charge in [0.15, 0.2) is 12.4 Å². The van der Waals surface area contributed by atoms with Crippen LogP contribution in [-0.2, 0) is 14.3 Å². The molecular formula is C24H24ClNO4. The number of Topliss-reactive ketones (excluding diaryl/α,β-unsaturated/α-hetero) is 1. The number of ether oxygens (including phenoxy) is 1. The molecule has 0 spiro atoms. The summed E-state index contributed by atoms with van der Waals surface area (Å²) >= 11 is 5.98. The minimum absolute atomic E-state index is 0.00348. The summed E-state index contributed by atoms with van der Waals surface area (Å²) in [4.78, 5) is 38.3. The Kier molecular flexibility index (Phi) is 5.91. The number of carbonyl (C=O) groups is 3. The Morgan fingerprint density at radius 3 is 2.47 bits per heavy atom. The molecule has 4 rings (SSSR count). The molecule has 0 saturated heterocycles. The molecular weight excluding hydrogens is 402 g/mol. The van der Waals surface area contributed by atoms with E-state index in [0.29, 0.717) is 16.3 Å². The lowest BCUT2D eigenvalue weighted by atomic mass is 9.75. The number of hydrogen-bond donors (Lipinski definition) is 1. The maximum absolute atomic E-state index is 13.1. The van der Waals surface area contributed by atoms with Gasteiger partial charge in [-0.3, -0.25) is 14.4 Å². The number of amides is 1. The number of nitrogens with one attached hydrogen (secondary N) is 1. The highest BCUT2D eigenvalue weighted by atomic mass is 35.5. The molecule has 2 saturated carbocycles. The van der Waals surface area contributed by atoms with Crippen LogP contribution in [0.25, 0.3) is 0 Å². The molecule has 2 bridgehead atoms. The number of rotatable bonds is 6. The highest BCUT2D eigenvalue weighted by molar-refractivity contribution is 6.31. The van der Waals surface area contributed by atoms with E-state index in [4.69, 9.17) is 16.3 Å². The van der Waals surface area contributed by atoms with Crippen molar-refractivity contribution < 1.29 is 19.1 Å². The first kappa shape index (κ1) is 20.6. The summed E-state index contributed by atoms with van der Waals surface area (Å²) in [5, 5.41) is 3.23. The second-order valence-corrected chi connectivity index (χ2v) is 8.67. The molecule has 156 valence electrons. The van der Waals surface area contributed by atoms with Crippen molar-refractivity contribution in [3.05, 3.63) is 64.7 Å². The fourth-order valence-corrected chi connectivity index (χ4v) is 5.12. The van der Waals surface area contributed by atoms with Crippen LogP contribution in [0.3, 0.4) is 0 Å². The van der Waals surface area contributed by atoms with E-state index in [0.717, 1.165) is 24.8 Å². The molecule has 30 heavy (non-hydrogen) atoms. The Labute approximate surface area is 180 Å². The highest BCUT2D eigenvalue weighted by Gasteiger charge is 2.54. The lowest BCUT2D eigenvalue weighted by molar-refractivity contribution is -0.154. The van der Waals surface area contributed by atoms with Crippen molar-refractivity contribution in [3.8, 4) is 0 Å². The Balaban J connectivity index is 1.41. The average Bonchev–Trinajstić information content (AvgIpc) is 3.36. The van der Waals surface area contributed by atoms with E-state index in [-0.39, 0.29) is 30.1 Å². The van der Waals surface area contributed by atoms with Crippen LogP contribution < -0.4 is 5.32 Å². The van der Waals surface area contributed by atoms with Crippen LogP contribution in [0.1, 0.15) is 35.2 Å². The second kappa shape index (κ2) is 8.60. The SMILES string of the molecule is Cc1ccc(Cl)cc1NC(=O)COC(=O)[C@@H]1[C@H]2CC[C@@H](C2)[C@H]1C(=O)c1ccccc1. The number of aryl methyl sites for hydroxylation is 1. The van der Waals surface area contributed by atoms with Gasteiger partial charge in [-0.25, -0.2) is 0 Å². The van der Waals surface area contributed by atoms with Crippen molar-refractivity contribution in [1.82, 2.24) is 0 Å². The predicted octanol–water partition coefficient (Wildman–Crippen LogP) is 4.68. The molecule has 2 fully saturated rings. The molecule has 5 nitrogen and oxygen atoms in total. The molecule has 6 heteroatoms. The van der Waals surface area contributed by atoms with E-state index in [2.05, 4.69) is 5.32 Å². The van der Waals surface area contributed by atoms with Crippen LogP contribution in [0.15, 0.2) is 48.5 Å². The van der Waals surface area contributed by atoms with E-state index in [1.165, 1.54) is 0 Å². The number of esters is 1. The lowest BCUT2D eigenvalue weighted by Crippen LogP contribution is -2.37. The van der Waals surface area contributed by atoms with Crippen molar-refractivity contribution in [2.75, 3.05) is 11.9 Å². The van der Waals surface area contributed by atoms with Gasteiger partial charge in [0.1, 0.15) is 0 Å². The van der Waals surface area contributed by atoms with Crippen LogP contribution in [0, 0.1) is 30.6 Å². The van der Waals surface area contributed by atoms with Gasteiger partial charge >= 0.3 is 5.97 Å². The molecule has 2 aromatic rings. The Morgan fingerprint density at radius 1 is 1.03 bits per heavy atom. The number of halogens is 1. The number of ketones is 1. The van der Waals surface area contributed by atoms with E-state index in [1.807, 2.05) is 25.1 Å². The fraction of sp³-hybridized carbons (Fsp3) is 0.375. The van der Waals surface area contributed by atoms with Gasteiger partial charge in [0.25, 0.3) is 5.91 Å². The third-order valence-corrected chi connectivity index (χ3v) is 6.60. The molecule has 0 heterocycles. The third-order valence-electron chi connectivity index (χ3n) is 6.37. The second-order valence-electron chi connectivity index (χ2n) is 8.23. The largest absolute Gasteiger partial charge is 0.455 e. The van der Waals surface area contributed by atoms with Crippen LogP contribution in [0.5, 0.6) is 0 Å². The first-order valence-electron chi connectivity index (χ1n) is 10.3. The zero-order valence-corrected chi connectivity index (χ0v) is 17.5. The van der Waals surface area contributed by atoms with Gasteiger partial charge in [-0.15, -0.1) is 0 Å². The van der Waals surface area contributed by atoms with E-state index >= 15 is 0 Å². The zero-order chi connectivity index (χ0) is 21.3. The number of hydrogen-bond acceptors (Lipinski definition) is 4. The molecule has 1 amide bonds. The summed E-state index contributed by atoms with van der Waals surface area (Å²) in [6.07, 6.45) is 2.76. The van der Waals surface area contributed by atoms with Gasteiger partial charge < -0.3 is 10.1 Å². The molecule has 2 aromatic carbocycles. The van der Waals surface area contributed by atoms with Crippen molar-refractivity contribution in [2.45, 2.75) is 26.2 Å². The Morgan fingerprint density at radius 2 is 1.73 bits per heavy atom. The highest BCUT2D eigenvalue weighted by Crippen LogP contribution is 2.53. The van der Waals surface area contributed by atoms with Crippen molar-refractivity contribution >= 4 is 34.9 Å². The molecule has 2 aliphatic rings. The number of carbonyl (C=O) groups excluding carboxylic acids is 3. The maximum Gasteiger partial charge on any atom is 0.310 e. The lowest BCUT2D eigenvalue weighted by Gasteiger charge is -2.28. The fourth-order valence-electron chi connectivity index (χ4n) is 4.95. The third kappa shape index (κ3) is 4.12. The smallest absolute Gasteiger partial charge is 0.310 e. The van der Waals surface area contributed by atoms with Gasteiger partial charge in [0.2, 0.25) is 0 Å². The van der Waals surface area contributed by atoms with Crippen molar-refractivity contribution in [2.24, 2.45) is 23.7 Å². The minimum atomic E-state index is -0.475. The van der Waals surface area contributed by atoms with Crippen LogP contribution in [-0.4, -0.2) is 24.3 Å². The van der Waals surface area contributed by atoms with Crippen molar-refractivity contribution in [1.29, 1.82) is 0 Å². The van der Waals surface area contributed by atoms with Crippen LogP contribution in [0.2, 0.25) is 5.02 Å². The molecule has 2 aliphatic carbocycles. The topological polar surface area (TPSA) is 72.5 Å². The first-order valence-corrected chi connectivity index (χ1v) is 10.6. The summed E-state index contributed by atoms with van der Waals surface area (Å²) in [6, 6.07) is 14.3. The van der Waals surface area contributed by atoms with E-state index < -0.39 is 17.8 Å². The standard InChI is InChI=1S/C24H24ClNO4/c1-14-7-10-18(25)12-19(14)26-20(27)13-30-24(29)22-17-9-8-16(11-17)21(22)23(28)15-5-3-2-4-6-15/h2-7,10,12,16-17,21-22H,8-9,11,13H2,1H3,(H,26,27)/t16-,17-,21+,22+/m0/s1. The van der Waals surface area contributed by atoms with Gasteiger partial charge in [-0.2, -0.15) is 0 Å². The van der Waals surface area contributed by atoms with Crippen LogP contribution in [0.4, 0.5) is 5.69 Å². The summed E-state index contributed by atoms with van der Waals surface area (Å²) in [5.74, 6) is -1.35. The normalized spacial score (nSPS) is 24.5. The zero-order valence-electron chi connectivity index (χ0n) is 16.8. The summed E-state index contributed by atoms with van der Waals surface area (Å²) in [7, 11) is 0. The number of benzene rings is 2. The maximum atomic E-state index is 13.1. The predicted molar refractivity (Wildman–Crippen MR) is 114 cm³/mol. The van der Waals surface area contributed by atoms with E-state index in [9.17, 15) is 14.4 Å². The quantitative estimate of drug-likeness (QED) is 0.539. The average molecular weight is 426 g/mol. The number of anilines is 1. The summed E-state index contributed by atoms with van der Waals surface area (Å²) in [5.41, 5.74) is 2.07.